The Hall–Kier alpha value is -1.01. The lowest BCUT2D eigenvalue weighted by Crippen LogP contribution is -2.48. The third-order valence-electron chi connectivity index (χ3n) is 3.28. The summed E-state index contributed by atoms with van der Waals surface area (Å²) in [6, 6.07) is 0. The average Bonchev–Trinajstić information content (AvgIpc) is 2.79. The van der Waals surface area contributed by atoms with Gasteiger partial charge in [0.1, 0.15) is 5.01 Å². The first-order valence-corrected chi connectivity index (χ1v) is 7.69. The molecule has 5 nitrogen and oxygen atoms in total. The maximum Gasteiger partial charge on any atom is 0.245 e. The highest BCUT2D eigenvalue weighted by Crippen LogP contribution is 2.28. The van der Waals surface area contributed by atoms with E-state index in [1.165, 1.54) is 11.3 Å². The van der Waals surface area contributed by atoms with Crippen molar-refractivity contribution in [2.24, 2.45) is 5.73 Å². The molecule has 1 unspecified atom stereocenters. The summed E-state index contributed by atoms with van der Waals surface area (Å²) in [5, 5.41) is 12.5. The molecule has 1 heterocycles. The number of anilines is 1. The molecule has 1 amide bonds. The molecule has 108 valence electrons. The van der Waals surface area contributed by atoms with E-state index >= 15 is 0 Å². The van der Waals surface area contributed by atoms with Crippen molar-refractivity contribution >= 4 is 22.4 Å². The number of nitrogens with two attached hydrogens (primary N) is 1. The Balaban J connectivity index is 2.71. The summed E-state index contributed by atoms with van der Waals surface area (Å²) < 4.78 is 0. The van der Waals surface area contributed by atoms with Crippen molar-refractivity contribution < 1.29 is 4.79 Å². The largest absolute Gasteiger partial charge is 0.318 e. The fourth-order valence-electron chi connectivity index (χ4n) is 1.96. The molecule has 1 aromatic heterocycles. The Morgan fingerprint density at radius 3 is 2.53 bits per heavy atom. The summed E-state index contributed by atoms with van der Waals surface area (Å²) in [5.41, 5.74) is 5.13. The standard InChI is InChI=1S/C13H24N4OS/c1-5-8-13(4,14)11(18)15-12-17-16-10(19-12)9(6-2)7-3/h9H,5-8,14H2,1-4H3,(H,15,17,18). The second-order valence-electron chi connectivity index (χ2n) is 5.08. The third-order valence-corrected chi connectivity index (χ3v) is 4.29. The van der Waals surface area contributed by atoms with Crippen molar-refractivity contribution in [2.45, 2.75) is 64.8 Å². The van der Waals surface area contributed by atoms with Crippen molar-refractivity contribution in [3.8, 4) is 0 Å². The maximum atomic E-state index is 12.0. The Kier molecular flexibility index (Phi) is 5.87. The molecular weight excluding hydrogens is 260 g/mol. The topological polar surface area (TPSA) is 80.9 Å². The van der Waals surface area contributed by atoms with Crippen LogP contribution >= 0.6 is 11.3 Å². The lowest BCUT2D eigenvalue weighted by atomic mass is 9.97. The van der Waals surface area contributed by atoms with E-state index in [1.54, 1.807) is 6.92 Å². The van der Waals surface area contributed by atoms with Crippen LogP contribution in [-0.4, -0.2) is 21.6 Å². The summed E-state index contributed by atoms with van der Waals surface area (Å²) in [6.45, 7) is 8.02. The number of hydrogen-bond acceptors (Lipinski definition) is 5. The number of amides is 1. The molecule has 0 aliphatic rings. The van der Waals surface area contributed by atoms with E-state index in [1.807, 2.05) is 6.92 Å². The second kappa shape index (κ2) is 6.96. The van der Waals surface area contributed by atoms with Crippen LogP contribution in [0.4, 0.5) is 5.13 Å². The number of hydrogen-bond donors (Lipinski definition) is 2. The molecule has 1 rings (SSSR count). The molecule has 0 bridgehead atoms. The lowest BCUT2D eigenvalue weighted by Gasteiger charge is -2.21. The van der Waals surface area contributed by atoms with Gasteiger partial charge in [0.25, 0.3) is 0 Å². The quantitative estimate of drug-likeness (QED) is 0.806. The summed E-state index contributed by atoms with van der Waals surface area (Å²) in [6.07, 6.45) is 3.58. The van der Waals surface area contributed by atoms with Crippen LogP contribution in [0.1, 0.15) is 64.3 Å². The molecule has 19 heavy (non-hydrogen) atoms. The van der Waals surface area contributed by atoms with Gasteiger partial charge >= 0.3 is 0 Å². The minimum Gasteiger partial charge on any atom is -0.318 e. The van der Waals surface area contributed by atoms with Crippen molar-refractivity contribution in [1.82, 2.24) is 10.2 Å². The van der Waals surface area contributed by atoms with Gasteiger partial charge in [-0.1, -0.05) is 38.5 Å². The van der Waals surface area contributed by atoms with Crippen LogP contribution in [0.5, 0.6) is 0 Å². The van der Waals surface area contributed by atoms with Gasteiger partial charge in [-0.05, 0) is 26.2 Å². The van der Waals surface area contributed by atoms with E-state index in [0.29, 0.717) is 17.5 Å². The normalized spacial score (nSPS) is 14.4. The maximum absolute atomic E-state index is 12.0. The molecule has 0 spiro atoms. The van der Waals surface area contributed by atoms with Gasteiger partial charge in [0.2, 0.25) is 11.0 Å². The zero-order chi connectivity index (χ0) is 14.5. The molecular formula is C13H24N4OS. The van der Waals surface area contributed by atoms with Gasteiger partial charge in [-0.2, -0.15) is 0 Å². The molecule has 0 radical (unpaired) electrons. The molecule has 6 heteroatoms. The Bertz CT molecular complexity index is 413. The fraction of sp³-hybridized carbons (Fsp3) is 0.769. The van der Waals surface area contributed by atoms with Gasteiger partial charge in [-0.25, -0.2) is 0 Å². The van der Waals surface area contributed by atoms with E-state index in [2.05, 4.69) is 29.4 Å². The van der Waals surface area contributed by atoms with Crippen LogP contribution < -0.4 is 11.1 Å². The number of carbonyl (C=O) groups excluding carboxylic acids is 1. The SMILES string of the molecule is CCCC(C)(N)C(=O)Nc1nnc(C(CC)CC)s1. The molecule has 0 aliphatic carbocycles. The van der Waals surface area contributed by atoms with E-state index < -0.39 is 5.54 Å². The summed E-state index contributed by atoms with van der Waals surface area (Å²) in [5.74, 6) is 0.227. The van der Waals surface area contributed by atoms with E-state index in [4.69, 9.17) is 5.73 Å². The first-order chi connectivity index (χ1) is 8.94. The average molecular weight is 284 g/mol. The number of aromatic nitrogens is 2. The molecule has 0 aliphatic heterocycles. The molecule has 0 saturated heterocycles. The van der Waals surface area contributed by atoms with Crippen LogP contribution in [0.2, 0.25) is 0 Å². The van der Waals surface area contributed by atoms with Crippen LogP contribution in [0, 0.1) is 0 Å². The van der Waals surface area contributed by atoms with Crippen LogP contribution in [0.3, 0.4) is 0 Å². The van der Waals surface area contributed by atoms with Crippen LogP contribution in [0.15, 0.2) is 0 Å². The summed E-state index contributed by atoms with van der Waals surface area (Å²) >= 11 is 1.44. The number of nitrogens with one attached hydrogen (secondary N) is 1. The van der Waals surface area contributed by atoms with Crippen molar-refractivity contribution in [1.29, 1.82) is 0 Å². The zero-order valence-electron chi connectivity index (χ0n) is 12.2. The smallest absolute Gasteiger partial charge is 0.245 e. The number of carbonyl (C=O) groups is 1. The number of nitrogens with zero attached hydrogens (tertiary/aromatic N) is 2. The van der Waals surface area contributed by atoms with Gasteiger partial charge in [0.05, 0.1) is 5.54 Å². The molecule has 1 aromatic rings. The second-order valence-corrected chi connectivity index (χ2v) is 6.09. The highest BCUT2D eigenvalue weighted by Gasteiger charge is 2.28. The van der Waals surface area contributed by atoms with Gasteiger partial charge in [-0.3, -0.25) is 10.1 Å². The first kappa shape index (κ1) is 16.0. The zero-order valence-corrected chi connectivity index (χ0v) is 13.0. The third kappa shape index (κ3) is 4.24. The summed E-state index contributed by atoms with van der Waals surface area (Å²) in [7, 11) is 0. The molecule has 0 aromatic carbocycles. The Morgan fingerprint density at radius 2 is 2.00 bits per heavy atom. The summed E-state index contributed by atoms with van der Waals surface area (Å²) in [4.78, 5) is 12.0. The Labute approximate surface area is 119 Å². The van der Waals surface area contributed by atoms with Crippen molar-refractivity contribution in [2.75, 3.05) is 5.32 Å². The monoisotopic (exact) mass is 284 g/mol. The van der Waals surface area contributed by atoms with Crippen LogP contribution in [-0.2, 0) is 4.79 Å². The predicted molar refractivity (Wildman–Crippen MR) is 79.4 cm³/mol. The highest BCUT2D eigenvalue weighted by molar-refractivity contribution is 7.15. The van der Waals surface area contributed by atoms with Crippen LogP contribution in [0.25, 0.3) is 0 Å². The van der Waals surface area contributed by atoms with E-state index in [-0.39, 0.29) is 5.91 Å². The molecule has 3 N–H and O–H groups in total. The van der Waals surface area contributed by atoms with E-state index in [0.717, 1.165) is 24.3 Å². The molecule has 0 saturated carbocycles. The minimum atomic E-state index is -0.852. The van der Waals surface area contributed by atoms with Crippen molar-refractivity contribution in [3.05, 3.63) is 5.01 Å². The number of rotatable bonds is 7. The Morgan fingerprint density at radius 1 is 1.37 bits per heavy atom. The van der Waals surface area contributed by atoms with Gasteiger partial charge in [0.15, 0.2) is 0 Å². The fourth-order valence-corrected chi connectivity index (χ4v) is 2.97. The van der Waals surface area contributed by atoms with E-state index in [9.17, 15) is 4.79 Å². The van der Waals surface area contributed by atoms with Gasteiger partial charge < -0.3 is 5.73 Å². The van der Waals surface area contributed by atoms with Gasteiger partial charge in [0, 0.05) is 5.92 Å². The minimum absolute atomic E-state index is 0.193. The van der Waals surface area contributed by atoms with Crippen molar-refractivity contribution in [3.63, 3.8) is 0 Å². The van der Waals surface area contributed by atoms with Gasteiger partial charge in [-0.15, -0.1) is 10.2 Å². The highest BCUT2D eigenvalue weighted by atomic mass is 32.1. The molecule has 1 atom stereocenters. The lowest BCUT2D eigenvalue weighted by molar-refractivity contribution is -0.120. The predicted octanol–water partition coefficient (Wildman–Crippen LogP) is 2.90. The molecule has 0 fully saturated rings. The first-order valence-electron chi connectivity index (χ1n) is 6.88.